The highest BCUT2D eigenvalue weighted by Gasteiger charge is 2.35. The van der Waals surface area contributed by atoms with Gasteiger partial charge in [-0.25, -0.2) is 8.42 Å². The lowest BCUT2D eigenvalue weighted by atomic mass is 9.94. The molecule has 1 fully saturated rings. The topological polar surface area (TPSA) is 105 Å². The molecule has 0 radical (unpaired) electrons. The van der Waals surface area contributed by atoms with E-state index < -0.39 is 28.5 Å². The molecule has 0 heterocycles. The average Bonchev–Trinajstić information content (AvgIpc) is 3.13. The minimum Gasteiger partial charge on any atom is -0.497 e. The lowest BCUT2D eigenvalue weighted by molar-refractivity contribution is -0.140. The molecule has 4 aromatic carbocycles. The van der Waals surface area contributed by atoms with E-state index in [0.717, 1.165) is 52.0 Å². The number of sulfonamides is 1. The summed E-state index contributed by atoms with van der Waals surface area (Å²) in [6.45, 7) is 1.83. The number of ether oxygens (including phenoxy) is 2. The first-order chi connectivity index (χ1) is 24.2. The first-order valence-electron chi connectivity index (χ1n) is 17.0. The molecular formula is C39H44BrN3O6S. The molecular weight excluding hydrogens is 718 g/mol. The SMILES string of the molecule is CCOc1ccc(N(CC(=O)N(Cc2cccc(OC)c2)[C@@H](Cc2ccccc2)C(=O)NC2CCCCC2)S(=O)(=O)c2ccc(Br)cc2)cc1. The highest BCUT2D eigenvalue weighted by molar-refractivity contribution is 9.10. The van der Waals surface area contributed by atoms with Crippen LogP contribution < -0.4 is 19.1 Å². The number of amides is 2. The van der Waals surface area contributed by atoms with Crippen LogP contribution in [0.5, 0.6) is 11.5 Å². The van der Waals surface area contributed by atoms with E-state index in [1.54, 1.807) is 43.5 Å². The van der Waals surface area contributed by atoms with Crippen molar-refractivity contribution in [3.05, 3.63) is 119 Å². The van der Waals surface area contributed by atoms with Gasteiger partial charge < -0.3 is 19.7 Å². The molecule has 1 aliphatic carbocycles. The van der Waals surface area contributed by atoms with Gasteiger partial charge in [-0.1, -0.05) is 77.7 Å². The standard InChI is InChI=1S/C39H44BrN3O6S/c1-3-49-34-21-19-33(20-22-34)43(50(46,47)36-23-17-31(40)18-24-36)28-38(44)42(27-30-13-10-16-35(25-30)48-2)37(26-29-11-6-4-7-12-29)39(45)41-32-14-8-5-9-15-32/h4,6-7,10-13,16-25,32,37H,3,5,8-9,14-15,26-28H2,1-2H3,(H,41,45)/t37-/m0/s1. The summed E-state index contributed by atoms with van der Waals surface area (Å²) in [4.78, 5) is 30.6. The minimum absolute atomic E-state index is 0.0152. The maximum Gasteiger partial charge on any atom is 0.264 e. The molecule has 2 amide bonds. The molecule has 264 valence electrons. The first-order valence-corrected chi connectivity index (χ1v) is 19.2. The zero-order valence-corrected chi connectivity index (χ0v) is 30.9. The Hall–Kier alpha value is -4.35. The third-order valence-electron chi connectivity index (χ3n) is 8.83. The lowest BCUT2D eigenvalue weighted by Crippen LogP contribution is -2.55. The third kappa shape index (κ3) is 9.66. The molecule has 0 aliphatic heterocycles. The molecule has 0 spiro atoms. The van der Waals surface area contributed by atoms with E-state index in [1.807, 2.05) is 61.5 Å². The van der Waals surface area contributed by atoms with Crippen molar-refractivity contribution < 1.29 is 27.5 Å². The monoisotopic (exact) mass is 761 g/mol. The van der Waals surface area contributed by atoms with Gasteiger partial charge in [0.1, 0.15) is 24.1 Å². The van der Waals surface area contributed by atoms with Crippen LogP contribution in [0.1, 0.15) is 50.2 Å². The Labute approximate surface area is 303 Å². The number of methoxy groups -OCH3 is 1. The second-order valence-corrected chi connectivity index (χ2v) is 15.1. The molecule has 11 heteroatoms. The summed E-state index contributed by atoms with van der Waals surface area (Å²) in [7, 11) is -2.66. The molecule has 9 nitrogen and oxygen atoms in total. The Kier molecular flexibility index (Phi) is 12.9. The second-order valence-electron chi connectivity index (χ2n) is 12.3. The fraction of sp³-hybridized carbons (Fsp3) is 0.333. The Morgan fingerprint density at radius 1 is 0.860 bits per heavy atom. The van der Waals surface area contributed by atoms with Crippen LogP contribution in [0.3, 0.4) is 0 Å². The lowest BCUT2D eigenvalue weighted by Gasteiger charge is -2.35. The van der Waals surface area contributed by atoms with Crippen molar-refractivity contribution in [3.8, 4) is 11.5 Å². The smallest absolute Gasteiger partial charge is 0.264 e. The fourth-order valence-corrected chi connectivity index (χ4v) is 7.88. The second kappa shape index (κ2) is 17.5. The molecule has 0 unspecified atom stereocenters. The Bertz CT molecular complexity index is 1820. The number of nitrogens with zero attached hydrogens (tertiary/aromatic N) is 2. The van der Waals surface area contributed by atoms with Gasteiger partial charge in [0.25, 0.3) is 10.0 Å². The van der Waals surface area contributed by atoms with Crippen LogP contribution in [-0.2, 0) is 32.6 Å². The summed E-state index contributed by atoms with van der Waals surface area (Å²) in [5.41, 5.74) is 1.91. The number of benzene rings is 4. The molecule has 4 aromatic rings. The molecule has 0 aromatic heterocycles. The summed E-state index contributed by atoms with van der Waals surface area (Å²) >= 11 is 3.38. The van der Waals surface area contributed by atoms with Crippen molar-refractivity contribution >= 4 is 43.5 Å². The maximum atomic E-state index is 14.8. The van der Waals surface area contributed by atoms with E-state index in [2.05, 4.69) is 21.2 Å². The van der Waals surface area contributed by atoms with E-state index in [4.69, 9.17) is 9.47 Å². The third-order valence-corrected chi connectivity index (χ3v) is 11.1. The van der Waals surface area contributed by atoms with Gasteiger partial charge in [-0.15, -0.1) is 0 Å². The summed E-state index contributed by atoms with van der Waals surface area (Å²) in [5, 5.41) is 3.24. The van der Waals surface area contributed by atoms with Gasteiger partial charge in [0, 0.05) is 23.5 Å². The minimum atomic E-state index is -4.23. The van der Waals surface area contributed by atoms with Crippen LogP contribution in [-0.4, -0.2) is 57.5 Å². The zero-order chi connectivity index (χ0) is 35.5. The van der Waals surface area contributed by atoms with Crippen LogP contribution in [0.25, 0.3) is 0 Å². The zero-order valence-electron chi connectivity index (χ0n) is 28.5. The highest BCUT2D eigenvalue weighted by atomic mass is 79.9. The van der Waals surface area contributed by atoms with E-state index in [-0.39, 0.29) is 35.5 Å². The Balaban J connectivity index is 1.57. The molecule has 0 saturated heterocycles. The highest BCUT2D eigenvalue weighted by Crippen LogP contribution is 2.28. The van der Waals surface area contributed by atoms with Crippen LogP contribution >= 0.6 is 15.9 Å². The number of hydrogen-bond acceptors (Lipinski definition) is 6. The van der Waals surface area contributed by atoms with Gasteiger partial charge >= 0.3 is 0 Å². The molecule has 5 rings (SSSR count). The fourth-order valence-electron chi connectivity index (χ4n) is 6.20. The van der Waals surface area contributed by atoms with Gasteiger partial charge in [-0.3, -0.25) is 13.9 Å². The Morgan fingerprint density at radius 2 is 1.54 bits per heavy atom. The molecule has 1 saturated carbocycles. The van der Waals surface area contributed by atoms with E-state index in [1.165, 1.54) is 17.0 Å². The van der Waals surface area contributed by atoms with Crippen LogP contribution in [0.2, 0.25) is 0 Å². The molecule has 1 atom stereocenters. The van der Waals surface area contributed by atoms with Crippen LogP contribution in [0.15, 0.2) is 112 Å². The summed E-state index contributed by atoms with van der Waals surface area (Å²) in [6, 6.07) is 28.9. The maximum absolute atomic E-state index is 14.8. The normalized spacial score (nSPS) is 14.0. The number of hydrogen-bond donors (Lipinski definition) is 1. The van der Waals surface area contributed by atoms with Crippen molar-refractivity contribution in [1.29, 1.82) is 0 Å². The van der Waals surface area contributed by atoms with Crippen molar-refractivity contribution in [1.82, 2.24) is 10.2 Å². The summed E-state index contributed by atoms with van der Waals surface area (Å²) in [5.74, 6) is 0.392. The number of rotatable bonds is 15. The van der Waals surface area contributed by atoms with E-state index in [9.17, 15) is 18.0 Å². The predicted molar refractivity (Wildman–Crippen MR) is 199 cm³/mol. The van der Waals surface area contributed by atoms with Gasteiger partial charge in [0.05, 0.1) is 24.3 Å². The van der Waals surface area contributed by atoms with E-state index in [0.29, 0.717) is 18.1 Å². The Morgan fingerprint density at radius 3 is 2.20 bits per heavy atom. The molecule has 1 N–H and O–H groups in total. The van der Waals surface area contributed by atoms with Crippen LogP contribution in [0, 0.1) is 0 Å². The molecule has 1 aliphatic rings. The number of anilines is 1. The number of carbonyl (C=O) groups excluding carboxylic acids is 2. The summed E-state index contributed by atoms with van der Waals surface area (Å²) in [6.07, 6.45) is 5.21. The summed E-state index contributed by atoms with van der Waals surface area (Å²) < 4.78 is 41.5. The van der Waals surface area contributed by atoms with E-state index >= 15 is 0 Å². The van der Waals surface area contributed by atoms with Crippen molar-refractivity contribution in [2.45, 2.75) is 69.0 Å². The van der Waals surface area contributed by atoms with Crippen molar-refractivity contribution in [2.75, 3.05) is 24.6 Å². The number of carbonyl (C=O) groups is 2. The first kappa shape index (κ1) is 36.9. The van der Waals surface area contributed by atoms with Gasteiger partial charge in [-0.05, 0) is 91.6 Å². The van der Waals surface area contributed by atoms with Gasteiger partial charge in [0.15, 0.2) is 0 Å². The molecule has 0 bridgehead atoms. The van der Waals surface area contributed by atoms with Gasteiger partial charge in [0.2, 0.25) is 11.8 Å². The largest absolute Gasteiger partial charge is 0.497 e. The van der Waals surface area contributed by atoms with Gasteiger partial charge in [-0.2, -0.15) is 0 Å². The number of halogens is 1. The van der Waals surface area contributed by atoms with Crippen molar-refractivity contribution in [3.63, 3.8) is 0 Å². The average molecular weight is 763 g/mol. The predicted octanol–water partition coefficient (Wildman–Crippen LogP) is 7.14. The van der Waals surface area contributed by atoms with Crippen LogP contribution in [0.4, 0.5) is 5.69 Å². The van der Waals surface area contributed by atoms with Crippen molar-refractivity contribution in [2.24, 2.45) is 0 Å². The molecule has 50 heavy (non-hydrogen) atoms. The number of nitrogens with one attached hydrogen (secondary N) is 1. The quantitative estimate of drug-likeness (QED) is 0.138.